The van der Waals surface area contributed by atoms with E-state index in [1.165, 1.54) is 4.57 Å². The van der Waals surface area contributed by atoms with Crippen LogP contribution in [-0.2, 0) is 17.4 Å². The highest BCUT2D eigenvalue weighted by Gasteiger charge is 2.52. The van der Waals surface area contributed by atoms with Gasteiger partial charge in [-0.3, -0.25) is 4.57 Å². The first-order chi connectivity index (χ1) is 8.10. The largest absolute Gasteiger partial charge is 0.494 e. The lowest BCUT2D eigenvalue weighted by atomic mass is 9.91. The molecule has 2 N–H and O–H groups in total. The van der Waals surface area contributed by atoms with Gasteiger partial charge in [-0.25, -0.2) is 0 Å². The lowest BCUT2D eigenvalue weighted by molar-refractivity contribution is 0.0119. The van der Waals surface area contributed by atoms with Crippen LogP contribution >= 0.6 is 11.8 Å². The van der Waals surface area contributed by atoms with Gasteiger partial charge in [0.05, 0.1) is 11.1 Å². The van der Waals surface area contributed by atoms with Crippen LogP contribution in [-0.4, -0.2) is 26.3 Å². The third kappa shape index (κ3) is 1.24. The molecule has 0 saturated carbocycles. The number of hydrogen-bond acceptors (Lipinski definition) is 4. The topological polar surface area (TPSA) is 54.6 Å². The van der Waals surface area contributed by atoms with Gasteiger partial charge in [0, 0.05) is 12.8 Å². The van der Waals surface area contributed by atoms with Crippen molar-refractivity contribution < 1.29 is 14.9 Å². The van der Waals surface area contributed by atoms with Gasteiger partial charge in [0.1, 0.15) is 11.7 Å². The minimum absolute atomic E-state index is 0.107. The summed E-state index contributed by atoms with van der Waals surface area (Å²) in [6.45, 7) is 2.09. The Kier molecular flexibility index (Phi) is 2.25. The number of nitrogens with zero attached hydrogens (tertiary/aromatic N) is 1. The smallest absolute Gasteiger partial charge is 0.200 e. The van der Waals surface area contributed by atoms with Gasteiger partial charge >= 0.3 is 0 Å². The Hall–Kier alpha value is -1.07. The summed E-state index contributed by atoms with van der Waals surface area (Å²) in [5.41, 5.74) is 0.916. The van der Waals surface area contributed by atoms with E-state index < -0.39 is 5.60 Å². The maximum Gasteiger partial charge on any atom is 0.200 e. The molecule has 92 valence electrons. The van der Waals surface area contributed by atoms with Gasteiger partial charge in [0.25, 0.3) is 0 Å². The number of fused-ring (bicyclic) bond motifs is 5. The molecule has 0 saturated heterocycles. The van der Waals surface area contributed by atoms with E-state index in [2.05, 4.69) is 6.92 Å². The molecule has 2 bridgehead atoms. The molecule has 1 aromatic heterocycles. The third-order valence-electron chi connectivity index (χ3n) is 3.48. The van der Waals surface area contributed by atoms with Crippen LogP contribution < -0.4 is 0 Å². The molecule has 0 radical (unpaired) electrons. The molecule has 5 heteroatoms. The van der Waals surface area contributed by atoms with E-state index >= 15 is 0 Å². The van der Waals surface area contributed by atoms with Crippen molar-refractivity contribution in [1.29, 1.82) is 0 Å². The van der Waals surface area contributed by atoms with Gasteiger partial charge in [0.2, 0.25) is 5.88 Å². The van der Waals surface area contributed by atoms with Gasteiger partial charge < -0.3 is 14.9 Å². The molecule has 0 aliphatic carbocycles. The standard InChI is InChI=1S/C12H15NO3S/c1-3-17-6-12-5-4-7(16-12)8-9(12)11(15)13(2)10(8)14/h4-5,7,14-15H,3,6H2,1-2H3. The van der Waals surface area contributed by atoms with Crippen molar-refractivity contribution >= 4 is 11.8 Å². The van der Waals surface area contributed by atoms with Crippen LogP contribution in [0, 0.1) is 0 Å². The fourth-order valence-corrected chi connectivity index (χ4v) is 3.44. The summed E-state index contributed by atoms with van der Waals surface area (Å²) < 4.78 is 7.34. The predicted octanol–water partition coefficient (Wildman–Crippen LogP) is 2.03. The van der Waals surface area contributed by atoms with Crippen LogP contribution in [0.1, 0.15) is 24.2 Å². The van der Waals surface area contributed by atoms with E-state index in [1.54, 1.807) is 18.8 Å². The maximum atomic E-state index is 10.1. The first-order valence-corrected chi connectivity index (χ1v) is 6.82. The number of thioether (sulfide) groups is 1. The zero-order valence-corrected chi connectivity index (χ0v) is 10.6. The Morgan fingerprint density at radius 3 is 2.94 bits per heavy atom. The Morgan fingerprint density at radius 2 is 2.24 bits per heavy atom. The molecule has 0 aromatic carbocycles. The third-order valence-corrected chi connectivity index (χ3v) is 4.52. The molecule has 0 spiro atoms. The molecule has 0 amide bonds. The van der Waals surface area contributed by atoms with Crippen molar-refractivity contribution in [1.82, 2.24) is 4.57 Å². The van der Waals surface area contributed by atoms with Crippen molar-refractivity contribution in [2.24, 2.45) is 7.05 Å². The second kappa shape index (κ2) is 3.46. The summed E-state index contributed by atoms with van der Waals surface area (Å²) in [6.07, 6.45) is 3.74. The highest BCUT2D eigenvalue weighted by atomic mass is 32.2. The quantitative estimate of drug-likeness (QED) is 0.809. The minimum Gasteiger partial charge on any atom is -0.494 e. The molecule has 0 fully saturated rings. The van der Waals surface area contributed by atoms with E-state index in [4.69, 9.17) is 4.74 Å². The Labute approximate surface area is 104 Å². The molecule has 3 heterocycles. The van der Waals surface area contributed by atoms with Gasteiger partial charge in [-0.2, -0.15) is 11.8 Å². The van der Waals surface area contributed by atoms with E-state index in [0.717, 1.165) is 22.6 Å². The van der Waals surface area contributed by atoms with Gasteiger partial charge in [-0.1, -0.05) is 13.0 Å². The maximum absolute atomic E-state index is 10.1. The molecule has 4 nitrogen and oxygen atoms in total. The molecule has 2 unspecified atom stereocenters. The van der Waals surface area contributed by atoms with Crippen LogP contribution in [0.25, 0.3) is 0 Å². The molecular weight excluding hydrogens is 238 g/mol. The average Bonchev–Trinajstić information content (AvgIpc) is 2.94. The number of hydrogen-bond donors (Lipinski definition) is 2. The second-order valence-corrected chi connectivity index (χ2v) is 5.69. The Balaban J connectivity index is 2.12. The van der Waals surface area contributed by atoms with Gasteiger partial charge in [-0.15, -0.1) is 0 Å². The molecule has 2 aliphatic heterocycles. The summed E-state index contributed by atoms with van der Waals surface area (Å²) >= 11 is 1.76. The van der Waals surface area contributed by atoms with E-state index in [1.807, 2.05) is 12.2 Å². The first kappa shape index (κ1) is 11.0. The monoisotopic (exact) mass is 253 g/mol. The lowest BCUT2D eigenvalue weighted by Crippen LogP contribution is -2.24. The first-order valence-electron chi connectivity index (χ1n) is 5.66. The molecule has 2 atom stereocenters. The Bertz CT molecular complexity index is 508. The van der Waals surface area contributed by atoms with E-state index in [0.29, 0.717) is 0 Å². The SMILES string of the molecule is CCSCC12C=CC(O1)c1c2c(O)n(C)c1O. The van der Waals surface area contributed by atoms with Crippen LogP contribution in [0.15, 0.2) is 12.2 Å². The Morgan fingerprint density at radius 1 is 1.47 bits per heavy atom. The summed E-state index contributed by atoms with van der Waals surface area (Å²) in [5, 5.41) is 20.1. The van der Waals surface area contributed by atoms with Crippen molar-refractivity contribution in [3.8, 4) is 11.8 Å². The zero-order valence-electron chi connectivity index (χ0n) is 9.80. The number of aromatic nitrogens is 1. The van der Waals surface area contributed by atoms with Crippen molar-refractivity contribution in [3.63, 3.8) is 0 Å². The fourth-order valence-electron chi connectivity index (χ4n) is 2.62. The van der Waals surface area contributed by atoms with Crippen molar-refractivity contribution in [3.05, 3.63) is 23.3 Å². The van der Waals surface area contributed by atoms with Crippen LogP contribution in [0.2, 0.25) is 0 Å². The van der Waals surface area contributed by atoms with Crippen LogP contribution in [0.3, 0.4) is 0 Å². The molecule has 1 aromatic rings. The zero-order chi connectivity index (χ0) is 12.2. The number of aromatic hydroxyl groups is 2. The summed E-state index contributed by atoms with van der Waals surface area (Å²) in [7, 11) is 1.66. The highest BCUT2D eigenvalue weighted by molar-refractivity contribution is 7.99. The van der Waals surface area contributed by atoms with E-state index in [-0.39, 0.29) is 17.9 Å². The highest BCUT2D eigenvalue weighted by Crippen LogP contribution is 2.58. The number of ether oxygens (including phenoxy) is 1. The van der Waals surface area contributed by atoms with Gasteiger partial charge in [-0.05, 0) is 11.8 Å². The fraction of sp³-hybridized carbons (Fsp3) is 0.500. The van der Waals surface area contributed by atoms with Crippen LogP contribution in [0.4, 0.5) is 0 Å². The molecule has 3 rings (SSSR count). The molecular formula is C12H15NO3S. The molecule has 17 heavy (non-hydrogen) atoms. The summed E-state index contributed by atoms with van der Waals surface area (Å²) in [5.74, 6) is 1.98. The second-order valence-electron chi connectivity index (χ2n) is 4.42. The lowest BCUT2D eigenvalue weighted by Gasteiger charge is -2.23. The van der Waals surface area contributed by atoms with Gasteiger partial charge in [0.15, 0.2) is 5.88 Å². The van der Waals surface area contributed by atoms with E-state index in [9.17, 15) is 10.2 Å². The number of rotatable bonds is 3. The van der Waals surface area contributed by atoms with Crippen molar-refractivity contribution in [2.45, 2.75) is 18.6 Å². The molecule has 2 aliphatic rings. The predicted molar refractivity (Wildman–Crippen MR) is 66.4 cm³/mol. The summed E-state index contributed by atoms with van der Waals surface area (Å²) in [6, 6.07) is 0. The normalized spacial score (nSPS) is 28.9. The van der Waals surface area contributed by atoms with Crippen molar-refractivity contribution in [2.75, 3.05) is 11.5 Å². The van der Waals surface area contributed by atoms with Crippen LogP contribution in [0.5, 0.6) is 11.8 Å². The average molecular weight is 253 g/mol. The minimum atomic E-state index is -0.552. The summed E-state index contributed by atoms with van der Waals surface area (Å²) in [4.78, 5) is 0.